The van der Waals surface area contributed by atoms with Gasteiger partial charge in [-0.05, 0) is 25.1 Å². The van der Waals surface area contributed by atoms with Crippen molar-refractivity contribution in [3.63, 3.8) is 0 Å². The van der Waals surface area contributed by atoms with Crippen LogP contribution in [-0.2, 0) is 6.18 Å². The summed E-state index contributed by atoms with van der Waals surface area (Å²) in [4.78, 5) is 0. The first kappa shape index (κ1) is 11.2. The second-order valence-electron chi connectivity index (χ2n) is 3.65. The van der Waals surface area contributed by atoms with Crippen LogP contribution >= 0.6 is 0 Å². The van der Waals surface area contributed by atoms with Crippen molar-refractivity contribution < 1.29 is 22.7 Å². The number of phenols is 1. The zero-order valence-corrected chi connectivity index (χ0v) is 8.11. The van der Waals surface area contributed by atoms with Crippen LogP contribution in [0, 0.1) is 5.82 Å². The van der Waals surface area contributed by atoms with E-state index in [0.717, 1.165) is 0 Å². The molecule has 2 N–H and O–H groups in total. The Kier molecular flexibility index (Phi) is 2.53. The minimum atomic E-state index is -4.59. The molecule has 0 unspecified atom stereocenters. The highest BCUT2D eigenvalue weighted by molar-refractivity contribution is 5.45. The number of benzene rings is 1. The zero-order valence-electron chi connectivity index (χ0n) is 8.11. The van der Waals surface area contributed by atoms with Crippen molar-refractivity contribution in [1.82, 2.24) is 5.32 Å². The Balaban J connectivity index is 2.55. The largest absolute Gasteiger partial charge is 0.505 e. The van der Waals surface area contributed by atoms with Crippen LogP contribution in [0.15, 0.2) is 12.1 Å². The van der Waals surface area contributed by atoms with Crippen molar-refractivity contribution in [3.8, 4) is 5.75 Å². The van der Waals surface area contributed by atoms with Gasteiger partial charge in [-0.15, -0.1) is 0 Å². The highest BCUT2D eigenvalue weighted by Gasteiger charge is 2.38. The van der Waals surface area contributed by atoms with Crippen molar-refractivity contribution in [3.05, 3.63) is 29.1 Å². The number of rotatable bonds is 1. The Morgan fingerprint density at radius 2 is 1.94 bits per heavy atom. The summed E-state index contributed by atoms with van der Waals surface area (Å²) in [6.45, 7) is 0.567. The maximum Gasteiger partial charge on any atom is 0.416 e. The van der Waals surface area contributed by atoms with Gasteiger partial charge in [-0.25, -0.2) is 4.39 Å². The van der Waals surface area contributed by atoms with Crippen LogP contribution in [-0.4, -0.2) is 11.7 Å². The molecule has 0 aromatic heterocycles. The molecular weight excluding hydrogens is 226 g/mol. The van der Waals surface area contributed by atoms with E-state index in [1.165, 1.54) is 0 Å². The molecule has 88 valence electrons. The van der Waals surface area contributed by atoms with Gasteiger partial charge >= 0.3 is 6.18 Å². The van der Waals surface area contributed by atoms with Crippen molar-refractivity contribution in [2.24, 2.45) is 0 Å². The van der Waals surface area contributed by atoms with Gasteiger partial charge in [0.15, 0.2) is 11.6 Å². The Morgan fingerprint density at radius 3 is 2.38 bits per heavy atom. The number of hydrogen-bond acceptors (Lipinski definition) is 2. The van der Waals surface area contributed by atoms with Crippen LogP contribution in [0.1, 0.15) is 23.6 Å². The minimum absolute atomic E-state index is 0.390. The van der Waals surface area contributed by atoms with Crippen molar-refractivity contribution >= 4 is 0 Å². The lowest BCUT2D eigenvalue weighted by Crippen LogP contribution is -2.36. The van der Waals surface area contributed by atoms with E-state index in [9.17, 15) is 22.7 Å². The zero-order chi connectivity index (χ0) is 11.9. The first-order valence-electron chi connectivity index (χ1n) is 4.73. The van der Waals surface area contributed by atoms with Crippen LogP contribution < -0.4 is 5.32 Å². The molecule has 1 aliphatic heterocycles. The Labute approximate surface area is 88.9 Å². The molecule has 1 aromatic carbocycles. The number of hydrogen-bond donors (Lipinski definition) is 2. The predicted octanol–water partition coefficient (Wildman–Crippen LogP) is 2.58. The van der Waals surface area contributed by atoms with Gasteiger partial charge in [0.2, 0.25) is 0 Å². The van der Waals surface area contributed by atoms with Gasteiger partial charge in [0, 0.05) is 11.6 Å². The summed E-state index contributed by atoms with van der Waals surface area (Å²) >= 11 is 0. The lowest BCUT2D eigenvalue weighted by molar-refractivity contribution is -0.138. The summed E-state index contributed by atoms with van der Waals surface area (Å²) < 4.78 is 50.9. The molecule has 1 aromatic rings. The number of nitrogens with one attached hydrogen (secondary N) is 1. The Bertz CT molecular complexity index is 412. The molecule has 1 heterocycles. The molecule has 6 heteroatoms. The van der Waals surface area contributed by atoms with Gasteiger partial charge in [0.1, 0.15) is 0 Å². The third-order valence-corrected chi connectivity index (χ3v) is 2.65. The van der Waals surface area contributed by atoms with Crippen LogP contribution in [0.2, 0.25) is 0 Å². The molecule has 0 spiro atoms. The fraction of sp³-hybridized carbons (Fsp3) is 0.400. The monoisotopic (exact) mass is 235 g/mol. The number of halogens is 4. The molecule has 0 saturated carbocycles. The lowest BCUT2D eigenvalue weighted by atomic mass is 9.92. The van der Waals surface area contributed by atoms with Gasteiger partial charge in [-0.2, -0.15) is 13.2 Å². The topological polar surface area (TPSA) is 32.3 Å². The SMILES string of the molecule is Oc1c(F)ccc(C(F)(F)F)c1[C@@H]1CCN1. The van der Waals surface area contributed by atoms with E-state index in [1.54, 1.807) is 0 Å². The normalized spacial score (nSPS) is 20.6. The molecular formula is C10H9F4NO. The van der Waals surface area contributed by atoms with E-state index in [4.69, 9.17) is 0 Å². The second-order valence-corrected chi connectivity index (χ2v) is 3.65. The molecule has 0 bridgehead atoms. The van der Waals surface area contributed by atoms with Crippen LogP contribution in [0.25, 0.3) is 0 Å². The summed E-state index contributed by atoms with van der Waals surface area (Å²) in [5.74, 6) is -1.94. The summed E-state index contributed by atoms with van der Waals surface area (Å²) in [7, 11) is 0. The fourth-order valence-electron chi connectivity index (χ4n) is 1.72. The van der Waals surface area contributed by atoms with Crippen molar-refractivity contribution in [2.45, 2.75) is 18.6 Å². The quantitative estimate of drug-likeness (QED) is 0.733. The van der Waals surface area contributed by atoms with Gasteiger partial charge in [-0.3, -0.25) is 0 Å². The van der Waals surface area contributed by atoms with Gasteiger partial charge in [-0.1, -0.05) is 0 Å². The third kappa shape index (κ3) is 1.73. The average Bonchev–Trinajstić information content (AvgIpc) is 2.08. The number of aromatic hydroxyl groups is 1. The van der Waals surface area contributed by atoms with Gasteiger partial charge in [0.05, 0.1) is 5.56 Å². The highest BCUT2D eigenvalue weighted by Crippen LogP contribution is 2.42. The lowest BCUT2D eigenvalue weighted by Gasteiger charge is -2.30. The van der Waals surface area contributed by atoms with Crippen molar-refractivity contribution in [1.29, 1.82) is 0 Å². The summed E-state index contributed by atoms with van der Waals surface area (Å²) in [6.07, 6.45) is -4.13. The highest BCUT2D eigenvalue weighted by atomic mass is 19.4. The van der Waals surface area contributed by atoms with E-state index in [1.807, 2.05) is 0 Å². The van der Waals surface area contributed by atoms with Gasteiger partial charge in [0.25, 0.3) is 0 Å². The molecule has 1 aliphatic rings. The molecule has 0 amide bonds. The molecule has 16 heavy (non-hydrogen) atoms. The molecule has 0 radical (unpaired) electrons. The van der Waals surface area contributed by atoms with E-state index in [-0.39, 0.29) is 0 Å². The molecule has 1 fully saturated rings. The first-order chi connectivity index (χ1) is 7.41. The molecule has 2 rings (SSSR count). The number of alkyl halides is 3. The van der Waals surface area contributed by atoms with Crippen LogP contribution in [0.5, 0.6) is 5.75 Å². The van der Waals surface area contributed by atoms with Crippen LogP contribution in [0.4, 0.5) is 17.6 Å². The van der Waals surface area contributed by atoms with E-state index in [0.29, 0.717) is 25.1 Å². The Morgan fingerprint density at radius 1 is 1.31 bits per heavy atom. The molecule has 1 atom stereocenters. The van der Waals surface area contributed by atoms with E-state index in [2.05, 4.69) is 5.32 Å². The fourth-order valence-corrected chi connectivity index (χ4v) is 1.72. The average molecular weight is 235 g/mol. The maximum atomic E-state index is 13.0. The molecule has 0 aliphatic carbocycles. The van der Waals surface area contributed by atoms with E-state index >= 15 is 0 Å². The third-order valence-electron chi connectivity index (χ3n) is 2.65. The first-order valence-corrected chi connectivity index (χ1v) is 4.73. The minimum Gasteiger partial charge on any atom is -0.505 e. The summed E-state index contributed by atoms with van der Waals surface area (Å²) in [5, 5.41) is 12.1. The van der Waals surface area contributed by atoms with E-state index < -0.39 is 34.9 Å². The summed E-state index contributed by atoms with van der Waals surface area (Å²) in [6, 6.07) is 0.664. The smallest absolute Gasteiger partial charge is 0.416 e. The maximum absolute atomic E-state index is 13.0. The molecule has 2 nitrogen and oxygen atoms in total. The van der Waals surface area contributed by atoms with Crippen LogP contribution in [0.3, 0.4) is 0 Å². The predicted molar refractivity (Wildman–Crippen MR) is 48.4 cm³/mol. The Hall–Kier alpha value is -1.30. The van der Waals surface area contributed by atoms with Crippen molar-refractivity contribution in [2.75, 3.05) is 6.54 Å². The standard InChI is InChI=1S/C10H9F4NO/c11-6-2-1-5(10(12,13)14)8(9(6)16)7-3-4-15-7/h1-2,7,15-16H,3-4H2/t7-/m0/s1. The summed E-state index contributed by atoms with van der Waals surface area (Å²) in [5.41, 5.74) is -1.37. The molecule has 1 saturated heterocycles. The number of phenolic OH excluding ortho intramolecular Hbond substituents is 1. The second kappa shape index (κ2) is 3.62. The van der Waals surface area contributed by atoms with Gasteiger partial charge < -0.3 is 10.4 Å².